The normalized spacial score (nSPS) is 14.5. The number of nitrogens with one attached hydrogen (secondary N) is 1. The number of methoxy groups -OCH3 is 1. The molecule has 0 aromatic heterocycles. The van der Waals surface area contributed by atoms with Crippen molar-refractivity contribution in [3.8, 4) is 5.75 Å². The van der Waals surface area contributed by atoms with Gasteiger partial charge in [-0.1, -0.05) is 19.1 Å². The highest BCUT2D eigenvalue weighted by Gasteiger charge is 2.09. The van der Waals surface area contributed by atoms with Crippen molar-refractivity contribution in [1.29, 1.82) is 0 Å². The molecule has 3 nitrogen and oxygen atoms in total. The average molecular weight is 223 g/mol. The van der Waals surface area contributed by atoms with E-state index in [9.17, 15) is 5.11 Å². The van der Waals surface area contributed by atoms with Crippen LogP contribution >= 0.6 is 0 Å². The minimum atomic E-state index is -0.313. The summed E-state index contributed by atoms with van der Waals surface area (Å²) < 4.78 is 5.12. The summed E-state index contributed by atoms with van der Waals surface area (Å²) in [6, 6.07) is 8.33. The maximum absolute atomic E-state index is 9.24. The van der Waals surface area contributed by atoms with Crippen LogP contribution in [0.5, 0.6) is 5.75 Å². The van der Waals surface area contributed by atoms with E-state index in [4.69, 9.17) is 4.74 Å². The van der Waals surface area contributed by atoms with Crippen LogP contribution in [-0.2, 0) is 0 Å². The average Bonchev–Trinajstić information content (AvgIpc) is 2.30. The molecule has 1 aromatic carbocycles. The number of aliphatic hydroxyl groups excluding tert-OH is 1. The predicted octanol–water partition coefficient (Wildman–Crippen LogP) is 2.12. The van der Waals surface area contributed by atoms with Gasteiger partial charge < -0.3 is 15.2 Å². The minimum absolute atomic E-state index is 0.292. The first-order valence-electron chi connectivity index (χ1n) is 5.72. The maximum atomic E-state index is 9.24. The van der Waals surface area contributed by atoms with E-state index in [-0.39, 0.29) is 6.10 Å². The molecule has 0 radical (unpaired) electrons. The first-order valence-corrected chi connectivity index (χ1v) is 5.72. The van der Waals surface area contributed by atoms with Gasteiger partial charge in [-0.15, -0.1) is 0 Å². The molecule has 16 heavy (non-hydrogen) atoms. The molecule has 0 saturated heterocycles. The topological polar surface area (TPSA) is 41.5 Å². The second kappa shape index (κ2) is 6.51. The van der Waals surface area contributed by atoms with Gasteiger partial charge in [-0.2, -0.15) is 0 Å². The van der Waals surface area contributed by atoms with Crippen LogP contribution in [0, 0.1) is 0 Å². The molecule has 2 N–H and O–H groups in total. The van der Waals surface area contributed by atoms with E-state index < -0.39 is 0 Å². The van der Waals surface area contributed by atoms with Crippen LogP contribution in [0.2, 0.25) is 0 Å². The molecule has 2 unspecified atom stereocenters. The van der Waals surface area contributed by atoms with Crippen molar-refractivity contribution in [2.75, 3.05) is 13.7 Å². The van der Waals surface area contributed by atoms with Gasteiger partial charge in [0.25, 0.3) is 0 Å². The lowest BCUT2D eigenvalue weighted by atomic mass is 10.0. The molecular weight excluding hydrogens is 202 g/mol. The molecule has 0 aliphatic carbocycles. The van der Waals surface area contributed by atoms with Gasteiger partial charge in [0, 0.05) is 12.6 Å². The van der Waals surface area contributed by atoms with Gasteiger partial charge in [-0.25, -0.2) is 0 Å². The summed E-state index contributed by atoms with van der Waals surface area (Å²) in [6.45, 7) is 4.53. The fourth-order valence-corrected chi connectivity index (χ4v) is 1.65. The summed E-state index contributed by atoms with van der Waals surface area (Å²) in [4.78, 5) is 0. The Hall–Kier alpha value is -1.06. The second-order valence-electron chi connectivity index (χ2n) is 3.99. The number of aliphatic hydroxyl groups is 1. The van der Waals surface area contributed by atoms with Crippen LogP contribution in [0.1, 0.15) is 31.9 Å². The SMILES string of the molecule is CCC(NCC(C)O)c1ccc(OC)cc1. The van der Waals surface area contributed by atoms with Crippen LogP contribution in [0.25, 0.3) is 0 Å². The van der Waals surface area contributed by atoms with E-state index in [1.807, 2.05) is 12.1 Å². The predicted molar refractivity (Wildman–Crippen MR) is 65.7 cm³/mol. The summed E-state index contributed by atoms with van der Waals surface area (Å²) in [5, 5.41) is 12.6. The highest BCUT2D eigenvalue weighted by molar-refractivity contribution is 5.29. The molecule has 0 heterocycles. The van der Waals surface area contributed by atoms with E-state index in [1.54, 1.807) is 14.0 Å². The highest BCUT2D eigenvalue weighted by atomic mass is 16.5. The largest absolute Gasteiger partial charge is 0.497 e. The molecule has 0 bridgehead atoms. The van der Waals surface area contributed by atoms with Crippen molar-refractivity contribution < 1.29 is 9.84 Å². The summed E-state index contributed by atoms with van der Waals surface area (Å²) in [5.74, 6) is 0.870. The van der Waals surface area contributed by atoms with E-state index in [1.165, 1.54) is 5.56 Å². The number of ether oxygens (including phenoxy) is 1. The molecular formula is C13H21NO2. The number of rotatable bonds is 6. The third kappa shape index (κ3) is 3.83. The van der Waals surface area contributed by atoms with E-state index in [0.29, 0.717) is 12.6 Å². The Morgan fingerprint density at radius 2 is 1.94 bits per heavy atom. The summed E-state index contributed by atoms with van der Waals surface area (Å²) in [5.41, 5.74) is 1.23. The number of benzene rings is 1. The van der Waals surface area contributed by atoms with Crippen molar-refractivity contribution in [1.82, 2.24) is 5.32 Å². The Balaban J connectivity index is 2.63. The lowest BCUT2D eigenvalue weighted by Gasteiger charge is -2.18. The second-order valence-corrected chi connectivity index (χ2v) is 3.99. The molecule has 90 valence electrons. The van der Waals surface area contributed by atoms with Gasteiger partial charge >= 0.3 is 0 Å². The van der Waals surface area contributed by atoms with Gasteiger partial charge in [0.1, 0.15) is 5.75 Å². The van der Waals surface area contributed by atoms with Crippen molar-refractivity contribution in [3.05, 3.63) is 29.8 Å². The van der Waals surface area contributed by atoms with Crippen molar-refractivity contribution in [3.63, 3.8) is 0 Å². The van der Waals surface area contributed by atoms with Crippen molar-refractivity contribution in [2.24, 2.45) is 0 Å². The van der Waals surface area contributed by atoms with Gasteiger partial charge in [0.05, 0.1) is 13.2 Å². The molecule has 0 aliphatic rings. The Bertz CT molecular complexity index is 295. The van der Waals surface area contributed by atoms with E-state index in [0.717, 1.165) is 12.2 Å². The first-order chi connectivity index (χ1) is 7.67. The van der Waals surface area contributed by atoms with E-state index in [2.05, 4.69) is 24.4 Å². The summed E-state index contributed by atoms with van der Waals surface area (Å²) in [7, 11) is 1.66. The molecule has 0 fully saturated rings. The molecule has 0 amide bonds. The third-order valence-electron chi connectivity index (χ3n) is 2.59. The van der Waals surface area contributed by atoms with Crippen LogP contribution in [0.3, 0.4) is 0 Å². The van der Waals surface area contributed by atoms with Crippen LogP contribution in [-0.4, -0.2) is 24.9 Å². The number of hydrogen-bond acceptors (Lipinski definition) is 3. The standard InChI is InChI=1S/C13H21NO2/c1-4-13(14-9-10(2)15)11-5-7-12(16-3)8-6-11/h5-8,10,13-15H,4,9H2,1-3H3. The van der Waals surface area contributed by atoms with Gasteiger partial charge in [0.2, 0.25) is 0 Å². The van der Waals surface area contributed by atoms with Crippen molar-refractivity contribution in [2.45, 2.75) is 32.4 Å². The summed E-state index contributed by atoms with van der Waals surface area (Å²) >= 11 is 0. The molecule has 0 spiro atoms. The molecule has 1 rings (SSSR count). The van der Waals surface area contributed by atoms with Crippen LogP contribution in [0.15, 0.2) is 24.3 Å². The minimum Gasteiger partial charge on any atom is -0.497 e. The van der Waals surface area contributed by atoms with Crippen LogP contribution in [0.4, 0.5) is 0 Å². The molecule has 0 saturated carbocycles. The third-order valence-corrected chi connectivity index (χ3v) is 2.59. The lowest BCUT2D eigenvalue weighted by molar-refractivity contribution is 0.185. The van der Waals surface area contributed by atoms with Gasteiger partial charge in [0.15, 0.2) is 0 Å². The quantitative estimate of drug-likeness (QED) is 0.776. The van der Waals surface area contributed by atoms with Gasteiger partial charge in [-0.3, -0.25) is 0 Å². The molecule has 1 aromatic rings. The molecule has 3 heteroatoms. The smallest absolute Gasteiger partial charge is 0.118 e. The van der Waals surface area contributed by atoms with Gasteiger partial charge in [-0.05, 0) is 31.0 Å². The Kier molecular flexibility index (Phi) is 5.29. The summed E-state index contributed by atoms with van der Waals surface area (Å²) in [6.07, 6.45) is 0.686. The fraction of sp³-hybridized carbons (Fsp3) is 0.538. The monoisotopic (exact) mass is 223 g/mol. The zero-order chi connectivity index (χ0) is 12.0. The first kappa shape index (κ1) is 13.0. The van der Waals surface area contributed by atoms with Crippen LogP contribution < -0.4 is 10.1 Å². The maximum Gasteiger partial charge on any atom is 0.118 e. The molecule has 0 aliphatic heterocycles. The van der Waals surface area contributed by atoms with Crippen molar-refractivity contribution >= 4 is 0 Å². The Morgan fingerprint density at radius 1 is 1.31 bits per heavy atom. The lowest BCUT2D eigenvalue weighted by Crippen LogP contribution is -2.28. The molecule has 2 atom stereocenters. The highest BCUT2D eigenvalue weighted by Crippen LogP contribution is 2.19. The Labute approximate surface area is 97.4 Å². The zero-order valence-corrected chi connectivity index (χ0v) is 10.2. The van der Waals surface area contributed by atoms with E-state index >= 15 is 0 Å². The fourth-order valence-electron chi connectivity index (χ4n) is 1.65. The Morgan fingerprint density at radius 3 is 2.38 bits per heavy atom. The zero-order valence-electron chi connectivity index (χ0n) is 10.2. The number of hydrogen-bond donors (Lipinski definition) is 2.